The van der Waals surface area contributed by atoms with E-state index >= 15 is 0 Å². The average molecular weight is 241 g/mol. The zero-order valence-electron chi connectivity index (χ0n) is 10.8. The molecule has 0 spiro atoms. The van der Waals surface area contributed by atoms with E-state index in [1.807, 2.05) is 11.0 Å². The van der Waals surface area contributed by atoms with Crippen LogP contribution in [0.5, 0.6) is 0 Å². The first kappa shape index (κ1) is 13.3. The fraction of sp³-hybridized carbons (Fsp3) is 0.750. The van der Waals surface area contributed by atoms with Crippen molar-refractivity contribution in [2.45, 2.75) is 50.6 Å². The zero-order chi connectivity index (χ0) is 12.3. The molecule has 0 aromatic carbocycles. The summed E-state index contributed by atoms with van der Waals surface area (Å²) in [6, 6.07) is 0.293. The SMILES string of the molecule is C=CCC1CCC([Si](C)(C)C)N1C(=O)OC. The normalized spacial score (nSPS) is 25.6. The number of hydrogen-bond acceptors (Lipinski definition) is 2. The first-order chi connectivity index (χ1) is 7.41. The third kappa shape index (κ3) is 2.67. The Hall–Kier alpha value is -0.773. The lowest BCUT2D eigenvalue weighted by Crippen LogP contribution is -2.52. The van der Waals surface area contributed by atoms with Crippen LogP contribution >= 0.6 is 0 Å². The summed E-state index contributed by atoms with van der Waals surface area (Å²) in [6.07, 6.45) is 4.79. The van der Waals surface area contributed by atoms with E-state index in [9.17, 15) is 4.79 Å². The maximum absolute atomic E-state index is 11.8. The van der Waals surface area contributed by atoms with Gasteiger partial charge in [-0.15, -0.1) is 6.58 Å². The summed E-state index contributed by atoms with van der Waals surface area (Å²) < 4.78 is 4.91. The number of hydrogen-bond donors (Lipinski definition) is 0. The summed E-state index contributed by atoms with van der Waals surface area (Å²) in [4.78, 5) is 13.8. The Balaban J connectivity index is 2.87. The molecule has 0 aromatic heterocycles. The van der Waals surface area contributed by atoms with E-state index in [1.54, 1.807) is 0 Å². The summed E-state index contributed by atoms with van der Waals surface area (Å²) in [5, 5.41) is 0. The van der Waals surface area contributed by atoms with Crippen molar-refractivity contribution >= 4 is 14.2 Å². The van der Waals surface area contributed by atoms with Crippen molar-refractivity contribution < 1.29 is 9.53 Å². The van der Waals surface area contributed by atoms with E-state index < -0.39 is 8.07 Å². The molecule has 1 aliphatic heterocycles. The Labute approximate surface area is 99.5 Å². The lowest BCUT2D eigenvalue weighted by atomic mass is 10.1. The van der Waals surface area contributed by atoms with E-state index in [0.29, 0.717) is 11.7 Å². The summed E-state index contributed by atoms with van der Waals surface area (Å²) in [5.74, 6) is 0. The first-order valence-corrected chi connectivity index (χ1v) is 9.46. The Bertz CT molecular complexity index is 273. The third-order valence-corrected chi connectivity index (χ3v) is 5.89. The molecule has 1 saturated heterocycles. The second-order valence-corrected chi connectivity index (χ2v) is 10.9. The van der Waals surface area contributed by atoms with Gasteiger partial charge in [-0.25, -0.2) is 4.79 Å². The molecule has 0 radical (unpaired) electrons. The fourth-order valence-corrected chi connectivity index (χ4v) is 4.72. The number of amides is 1. The number of carbonyl (C=O) groups is 1. The molecule has 0 aliphatic carbocycles. The van der Waals surface area contributed by atoms with Crippen LogP contribution in [0, 0.1) is 0 Å². The predicted octanol–water partition coefficient (Wildman–Crippen LogP) is 3.04. The van der Waals surface area contributed by atoms with Gasteiger partial charge in [0.2, 0.25) is 0 Å². The number of methoxy groups -OCH3 is 1. The largest absolute Gasteiger partial charge is 0.453 e. The van der Waals surface area contributed by atoms with Crippen LogP contribution in [-0.4, -0.2) is 37.9 Å². The topological polar surface area (TPSA) is 29.5 Å². The van der Waals surface area contributed by atoms with Crippen LogP contribution in [0.1, 0.15) is 19.3 Å². The standard InChI is InChI=1S/C12H23NO2Si/c1-6-7-10-8-9-11(16(3,4)5)13(10)12(14)15-2/h6,10-11H,1,7-9H2,2-5H3. The molecule has 92 valence electrons. The van der Waals surface area contributed by atoms with Gasteiger partial charge in [-0.1, -0.05) is 25.7 Å². The molecule has 16 heavy (non-hydrogen) atoms. The smallest absolute Gasteiger partial charge is 0.409 e. The van der Waals surface area contributed by atoms with E-state index in [2.05, 4.69) is 26.2 Å². The number of rotatable bonds is 3. The van der Waals surface area contributed by atoms with Crippen molar-refractivity contribution in [3.63, 3.8) is 0 Å². The summed E-state index contributed by atoms with van der Waals surface area (Å²) >= 11 is 0. The second kappa shape index (κ2) is 5.04. The summed E-state index contributed by atoms with van der Waals surface area (Å²) in [6.45, 7) is 10.7. The summed E-state index contributed by atoms with van der Waals surface area (Å²) in [7, 11) is 0.119. The third-order valence-electron chi connectivity index (χ3n) is 3.33. The quantitative estimate of drug-likeness (QED) is 0.561. The lowest BCUT2D eigenvalue weighted by Gasteiger charge is -2.35. The monoisotopic (exact) mass is 241 g/mol. The van der Waals surface area contributed by atoms with Crippen LogP contribution in [-0.2, 0) is 4.74 Å². The number of ether oxygens (including phenoxy) is 1. The van der Waals surface area contributed by atoms with Crippen LogP contribution in [0.2, 0.25) is 19.6 Å². The molecule has 1 rings (SSSR count). The highest BCUT2D eigenvalue weighted by Crippen LogP contribution is 2.32. The van der Waals surface area contributed by atoms with Gasteiger partial charge in [0.15, 0.2) is 0 Å². The minimum Gasteiger partial charge on any atom is -0.453 e. The van der Waals surface area contributed by atoms with Crippen molar-refractivity contribution in [1.82, 2.24) is 4.90 Å². The van der Waals surface area contributed by atoms with Gasteiger partial charge in [-0.05, 0) is 19.3 Å². The molecular weight excluding hydrogens is 218 g/mol. The lowest BCUT2D eigenvalue weighted by molar-refractivity contribution is 0.113. The number of carbonyl (C=O) groups excluding carboxylic acids is 1. The van der Waals surface area contributed by atoms with Crippen molar-refractivity contribution in [2.24, 2.45) is 0 Å². The maximum atomic E-state index is 11.8. The van der Waals surface area contributed by atoms with Gasteiger partial charge in [-0.3, -0.25) is 0 Å². The minimum absolute atomic E-state index is 0.170. The molecule has 2 unspecified atom stereocenters. The Morgan fingerprint density at radius 3 is 2.56 bits per heavy atom. The van der Waals surface area contributed by atoms with Crippen LogP contribution in [0.4, 0.5) is 4.79 Å². The van der Waals surface area contributed by atoms with E-state index in [-0.39, 0.29) is 6.09 Å². The molecule has 3 nitrogen and oxygen atoms in total. The zero-order valence-corrected chi connectivity index (χ0v) is 11.8. The van der Waals surface area contributed by atoms with Crippen molar-refractivity contribution in [2.75, 3.05) is 7.11 Å². The molecule has 1 aliphatic rings. The molecule has 0 N–H and O–H groups in total. The Morgan fingerprint density at radius 2 is 2.12 bits per heavy atom. The van der Waals surface area contributed by atoms with Gasteiger partial charge in [-0.2, -0.15) is 0 Å². The number of nitrogens with zero attached hydrogens (tertiary/aromatic N) is 1. The van der Waals surface area contributed by atoms with E-state index in [1.165, 1.54) is 7.11 Å². The first-order valence-electron chi connectivity index (χ1n) is 5.89. The van der Waals surface area contributed by atoms with Crippen molar-refractivity contribution in [3.8, 4) is 0 Å². The van der Waals surface area contributed by atoms with Gasteiger partial charge in [0.25, 0.3) is 0 Å². The van der Waals surface area contributed by atoms with Crippen LogP contribution in [0.15, 0.2) is 12.7 Å². The minimum atomic E-state index is -1.35. The Kier molecular flexibility index (Phi) is 4.19. The van der Waals surface area contributed by atoms with E-state index in [4.69, 9.17) is 4.74 Å². The maximum Gasteiger partial charge on any atom is 0.409 e. The molecule has 0 bridgehead atoms. The molecule has 1 fully saturated rings. The molecule has 1 heterocycles. The highest BCUT2D eigenvalue weighted by molar-refractivity contribution is 6.77. The highest BCUT2D eigenvalue weighted by atomic mass is 28.3. The predicted molar refractivity (Wildman–Crippen MR) is 69.2 cm³/mol. The van der Waals surface area contributed by atoms with Gasteiger partial charge in [0.1, 0.15) is 0 Å². The fourth-order valence-electron chi connectivity index (χ4n) is 2.54. The molecule has 1 amide bonds. The molecule has 0 saturated carbocycles. The van der Waals surface area contributed by atoms with Gasteiger partial charge in [0.05, 0.1) is 15.2 Å². The molecule has 4 heteroatoms. The van der Waals surface area contributed by atoms with Gasteiger partial charge < -0.3 is 9.64 Å². The molecule has 2 atom stereocenters. The van der Waals surface area contributed by atoms with Gasteiger partial charge >= 0.3 is 6.09 Å². The second-order valence-electron chi connectivity index (χ2n) is 5.51. The highest BCUT2D eigenvalue weighted by Gasteiger charge is 2.43. The van der Waals surface area contributed by atoms with Crippen molar-refractivity contribution in [3.05, 3.63) is 12.7 Å². The van der Waals surface area contributed by atoms with Crippen molar-refractivity contribution in [1.29, 1.82) is 0 Å². The van der Waals surface area contributed by atoms with Gasteiger partial charge in [0, 0.05) is 11.7 Å². The molecule has 0 aromatic rings. The van der Waals surface area contributed by atoms with Crippen LogP contribution in [0.3, 0.4) is 0 Å². The van der Waals surface area contributed by atoms with Crippen LogP contribution in [0.25, 0.3) is 0 Å². The number of likely N-dealkylation sites (tertiary alicyclic amines) is 1. The van der Waals surface area contributed by atoms with E-state index in [0.717, 1.165) is 19.3 Å². The summed E-state index contributed by atoms with van der Waals surface area (Å²) in [5.41, 5.74) is 0.407. The average Bonchev–Trinajstić information content (AvgIpc) is 2.60. The van der Waals surface area contributed by atoms with Crippen LogP contribution < -0.4 is 0 Å². The molecular formula is C12H23NO2Si. The Morgan fingerprint density at radius 1 is 1.50 bits per heavy atom.